The third kappa shape index (κ3) is 4.85. The van der Waals surface area contributed by atoms with Gasteiger partial charge in [-0.15, -0.1) is 0 Å². The highest BCUT2D eigenvalue weighted by Gasteiger charge is 2.09. The highest BCUT2D eigenvalue weighted by Crippen LogP contribution is 2.12. The summed E-state index contributed by atoms with van der Waals surface area (Å²) in [4.78, 5) is 12.0. The second-order valence-corrected chi connectivity index (χ2v) is 4.86. The quantitative estimate of drug-likeness (QED) is 0.632. The van der Waals surface area contributed by atoms with E-state index in [1.165, 1.54) is 30.5 Å². The first-order chi connectivity index (χ1) is 11.6. The number of benzene rings is 2. The van der Waals surface area contributed by atoms with E-state index in [9.17, 15) is 9.18 Å². The molecule has 2 rings (SSSR count). The Kier molecular flexibility index (Phi) is 5.92. The van der Waals surface area contributed by atoms with E-state index < -0.39 is 11.7 Å². The molecule has 0 aromatic heterocycles. The summed E-state index contributed by atoms with van der Waals surface area (Å²) in [6, 6.07) is 14.6. The number of hydrogen-bond acceptors (Lipinski definition) is 4. The van der Waals surface area contributed by atoms with Crippen molar-refractivity contribution >= 4 is 11.6 Å². The normalized spacial score (nSPS) is 10.6. The van der Waals surface area contributed by atoms with Gasteiger partial charge >= 0.3 is 0 Å². The van der Waals surface area contributed by atoms with Gasteiger partial charge in [-0.2, -0.15) is 5.26 Å². The van der Waals surface area contributed by atoms with Crippen LogP contribution in [0, 0.1) is 17.1 Å². The number of amides is 1. The molecule has 1 amide bonds. The van der Waals surface area contributed by atoms with Gasteiger partial charge in [-0.25, -0.2) is 4.39 Å². The van der Waals surface area contributed by atoms with Crippen molar-refractivity contribution in [2.24, 2.45) is 0 Å². The van der Waals surface area contributed by atoms with E-state index >= 15 is 0 Å². The van der Waals surface area contributed by atoms with Crippen molar-refractivity contribution in [3.05, 3.63) is 71.7 Å². The van der Waals surface area contributed by atoms with E-state index in [1.54, 1.807) is 7.11 Å². The van der Waals surface area contributed by atoms with Crippen LogP contribution in [0.25, 0.3) is 0 Å². The monoisotopic (exact) mass is 325 g/mol. The molecule has 0 aliphatic carbocycles. The molecule has 5 nitrogen and oxygen atoms in total. The largest absolute Gasteiger partial charge is 0.497 e. The fraction of sp³-hybridized carbons (Fsp3) is 0.111. The van der Waals surface area contributed by atoms with Crippen molar-refractivity contribution in [2.45, 2.75) is 6.54 Å². The molecule has 2 aromatic rings. The average Bonchev–Trinajstić information content (AvgIpc) is 2.61. The Morgan fingerprint density at radius 1 is 1.29 bits per heavy atom. The minimum Gasteiger partial charge on any atom is -0.497 e. The molecule has 0 spiro atoms. The summed E-state index contributed by atoms with van der Waals surface area (Å²) in [5, 5.41) is 14.5. The van der Waals surface area contributed by atoms with Crippen molar-refractivity contribution in [1.82, 2.24) is 5.32 Å². The number of carbonyl (C=O) groups is 1. The van der Waals surface area contributed by atoms with Crippen LogP contribution >= 0.6 is 0 Å². The highest BCUT2D eigenvalue weighted by atomic mass is 19.1. The molecule has 122 valence electrons. The smallest absolute Gasteiger partial charge is 0.267 e. The topological polar surface area (TPSA) is 74.1 Å². The van der Waals surface area contributed by atoms with Gasteiger partial charge in [0.2, 0.25) is 0 Å². The van der Waals surface area contributed by atoms with Crippen molar-refractivity contribution in [3.8, 4) is 11.8 Å². The lowest BCUT2D eigenvalue weighted by molar-refractivity contribution is -0.112. The minimum absolute atomic E-state index is 0.0813. The summed E-state index contributed by atoms with van der Waals surface area (Å²) in [5.41, 5.74) is 1.28. The number of carbonyl (C=O) groups excluding carboxylic acids is 1. The van der Waals surface area contributed by atoms with Crippen LogP contribution in [0.2, 0.25) is 0 Å². The van der Waals surface area contributed by atoms with Crippen LogP contribution in [0.4, 0.5) is 10.1 Å². The van der Waals surface area contributed by atoms with Crippen molar-refractivity contribution < 1.29 is 13.9 Å². The molecule has 2 N–H and O–H groups in total. The molecule has 0 saturated heterocycles. The number of halogens is 1. The summed E-state index contributed by atoms with van der Waals surface area (Å²) in [6.07, 6.45) is 1.35. The summed E-state index contributed by atoms with van der Waals surface area (Å²) in [7, 11) is 1.58. The maximum Gasteiger partial charge on any atom is 0.267 e. The van der Waals surface area contributed by atoms with Crippen LogP contribution < -0.4 is 15.4 Å². The lowest BCUT2D eigenvalue weighted by Gasteiger charge is -2.06. The molecule has 0 aliphatic rings. The Labute approximate surface area is 139 Å². The maximum atomic E-state index is 12.8. The van der Waals surface area contributed by atoms with Gasteiger partial charge in [0.05, 0.1) is 7.11 Å². The van der Waals surface area contributed by atoms with Crippen LogP contribution in [-0.2, 0) is 11.3 Å². The fourth-order valence-electron chi connectivity index (χ4n) is 1.93. The van der Waals surface area contributed by atoms with Gasteiger partial charge < -0.3 is 15.4 Å². The Balaban J connectivity index is 1.96. The van der Waals surface area contributed by atoms with E-state index in [-0.39, 0.29) is 5.57 Å². The second-order valence-electron chi connectivity index (χ2n) is 4.86. The first-order valence-corrected chi connectivity index (χ1v) is 7.16. The molecule has 0 heterocycles. The van der Waals surface area contributed by atoms with Gasteiger partial charge in [0, 0.05) is 18.4 Å². The molecular formula is C18H16FN3O2. The third-order valence-corrected chi connectivity index (χ3v) is 3.15. The van der Waals surface area contributed by atoms with Crippen LogP contribution in [0.1, 0.15) is 5.56 Å². The zero-order chi connectivity index (χ0) is 17.4. The number of rotatable bonds is 6. The van der Waals surface area contributed by atoms with E-state index in [1.807, 2.05) is 30.3 Å². The van der Waals surface area contributed by atoms with Crippen molar-refractivity contribution in [3.63, 3.8) is 0 Å². The Morgan fingerprint density at radius 2 is 2.04 bits per heavy atom. The van der Waals surface area contributed by atoms with E-state index in [0.717, 1.165) is 11.3 Å². The van der Waals surface area contributed by atoms with Gasteiger partial charge in [-0.05, 0) is 42.0 Å². The third-order valence-electron chi connectivity index (χ3n) is 3.15. The number of nitrogens with one attached hydrogen (secondary N) is 2. The van der Waals surface area contributed by atoms with Gasteiger partial charge in [0.15, 0.2) is 0 Å². The molecule has 0 atom stereocenters. The first kappa shape index (κ1) is 17.0. The molecule has 0 unspecified atom stereocenters. The van der Waals surface area contributed by atoms with Crippen molar-refractivity contribution in [2.75, 3.05) is 12.4 Å². The molecule has 0 radical (unpaired) electrons. The number of hydrogen-bond donors (Lipinski definition) is 2. The van der Waals surface area contributed by atoms with Crippen LogP contribution in [0.5, 0.6) is 5.75 Å². The molecule has 0 aliphatic heterocycles. The van der Waals surface area contributed by atoms with Crippen LogP contribution in [0.3, 0.4) is 0 Å². The number of methoxy groups -OCH3 is 1. The van der Waals surface area contributed by atoms with E-state index in [4.69, 9.17) is 10.00 Å². The zero-order valence-corrected chi connectivity index (χ0v) is 13.0. The van der Waals surface area contributed by atoms with Gasteiger partial charge in [-0.1, -0.05) is 12.1 Å². The number of ether oxygens (including phenoxy) is 1. The summed E-state index contributed by atoms with van der Waals surface area (Å²) in [6.45, 7) is 0.437. The number of anilines is 1. The Hall–Kier alpha value is -3.33. The minimum atomic E-state index is -0.567. The van der Waals surface area contributed by atoms with Crippen LogP contribution in [-0.4, -0.2) is 13.0 Å². The summed E-state index contributed by atoms with van der Waals surface area (Å²) >= 11 is 0. The predicted molar refractivity (Wildman–Crippen MR) is 88.6 cm³/mol. The lowest BCUT2D eigenvalue weighted by atomic mass is 10.2. The predicted octanol–water partition coefficient (Wildman–Crippen LogP) is 2.97. The summed E-state index contributed by atoms with van der Waals surface area (Å²) < 4.78 is 18.0. The van der Waals surface area contributed by atoms with E-state index in [0.29, 0.717) is 12.2 Å². The Morgan fingerprint density at radius 3 is 2.71 bits per heavy atom. The molecule has 24 heavy (non-hydrogen) atoms. The van der Waals surface area contributed by atoms with E-state index in [2.05, 4.69) is 10.6 Å². The summed E-state index contributed by atoms with van der Waals surface area (Å²) in [5.74, 6) is -0.237. The standard InChI is InChI=1S/C18H16FN3O2/c1-24-17-4-2-3-13(9-17)11-21-12-14(10-20)18(23)22-16-7-5-15(19)6-8-16/h2-9,12,21H,11H2,1H3,(H,22,23)/b14-12-. The van der Waals surface area contributed by atoms with Crippen LogP contribution in [0.15, 0.2) is 60.3 Å². The highest BCUT2D eigenvalue weighted by molar-refractivity contribution is 6.06. The zero-order valence-electron chi connectivity index (χ0n) is 13.0. The second kappa shape index (κ2) is 8.34. The average molecular weight is 325 g/mol. The van der Waals surface area contributed by atoms with Gasteiger partial charge in [-0.3, -0.25) is 4.79 Å². The maximum absolute atomic E-state index is 12.8. The van der Waals surface area contributed by atoms with Gasteiger partial charge in [0.1, 0.15) is 23.2 Å². The molecule has 0 fully saturated rings. The Bertz CT molecular complexity index is 780. The lowest BCUT2D eigenvalue weighted by Crippen LogP contribution is -2.16. The molecule has 0 saturated carbocycles. The first-order valence-electron chi connectivity index (χ1n) is 7.16. The molecular weight excluding hydrogens is 309 g/mol. The molecule has 0 bridgehead atoms. The van der Waals surface area contributed by atoms with Crippen molar-refractivity contribution in [1.29, 1.82) is 5.26 Å². The molecule has 6 heteroatoms. The molecule has 2 aromatic carbocycles. The van der Waals surface area contributed by atoms with Gasteiger partial charge in [0.25, 0.3) is 5.91 Å². The number of nitriles is 1. The fourth-order valence-corrected chi connectivity index (χ4v) is 1.93. The SMILES string of the molecule is COc1cccc(CN/C=C(/C#N)C(=O)Nc2ccc(F)cc2)c1. The number of nitrogens with zero attached hydrogens (tertiary/aromatic N) is 1.